The van der Waals surface area contributed by atoms with E-state index in [1.54, 1.807) is 34.1 Å². The number of aliphatic hydroxyl groups is 8. The van der Waals surface area contributed by atoms with E-state index in [0.29, 0.717) is 19.3 Å². The Morgan fingerprint density at radius 1 is 0.644 bits per heavy atom. The summed E-state index contributed by atoms with van der Waals surface area (Å²) in [7, 11) is 4.66. The molecule has 0 bridgehead atoms. The summed E-state index contributed by atoms with van der Waals surface area (Å²) < 4.78 is 87.4. The van der Waals surface area contributed by atoms with Crippen LogP contribution < -0.4 is 0 Å². The predicted octanol–water partition coefficient (Wildman–Crippen LogP) is 2.41. The van der Waals surface area contributed by atoms with Crippen molar-refractivity contribution >= 4 is 17.8 Å². The molecule has 1 aromatic carbocycles. The smallest absolute Gasteiger partial charge is 0.331 e. The van der Waals surface area contributed by atoms with Gasteiger partial charge in [0.1, 0.15) is 71.7 Å². The number of fused-ring (bicyclic) bond motifs is 5. The second kappa shape index (κ2) is 26.5. The number of carbonyl (C=O) groups is 2. The van der Waals surface area contributed by atoms with Crippen LogP contribution in [0, 0.1) is 16.7 Å². The van der Waals surface area contributed by atoms with E-state index in [0.717, 1.165) is 11.1 Å². The van der Waals surface area contributed by atoms with E-state index < -0.39 is 187 Å². The Morgan fingerprint density at radius 2 is 1.17 bits per heavy atom. The molecule has 4 aliphatic carbocycles. The molecule has 8 fully saturated rings. The van der Waals surface area contributed by atoms with E-state index in [2.05, 4.69) is 6.92 Å². The maximum Gasteiger partial charge on any atom is 0.331 e. The van der Waals surface area contributed by atoms with Crippen molar-refractivity contribution in [3.8, 4) is 0 Å². The Labute approximate surface area is 508 Å². The van der Waals surface area contributed by atoms with Gasteiger partial charge in [-0.2, -0.15) is 0 Å². The first-order valence-electron chi connectivity index (χ1n) is 31.0. The lowest BCUT2D eigenvalue weighted by atomic mass is 9.42. The van der Waals surface area contributed by atoms with Crippen LogP contribution in [0.1, 0.15) is 125 Å². The minimum absolute atomic E-state index is 0.0468. The molecular formula is C63H94O24. The van der Waals surface area contributed by atoms with Gasteiger partial charge in [-0.15, -0.1) is 0 Å². The summed E-state index contributed by atoms with van der Waals surface area (Å²) >= 11 is 0. The van der Waals surface area contributed by atoms with Crippen molar-refractivity contribution in [1.29, 1.82) is 0 Å². The van der Waals surface area contributed by atoms with Crippen LogP contribution in [0.3, 0.4) is 0 Å². The SMILES string of the molecule is CO[C@H]1C[C@H](O[C@@H]2[C@@H](C)O[C@@H](O[C@H]3[C@@H](O)C[C@H](O[C@H]4CC[C@@]5(C)C(=CC[C@]6(O)[C@@H]5C[C@@H](OC(=O)C=Cc5ccccc5)[C@@]5(C)[C@]6(O)CC[C@@]5(O)C(C)=O)C4)O[C@@H]3C)C[C@H]2OC)O[C@H](C)[C@H]1O[C@H]1C[C@H](OC)[C@H](O[C@@H]2O[C@H](CO)[C@@H](O)[C@H](O)[C@H]2O)[C@@H](C)O1. The zero-order valence-corrected chi connectivity index (χ0v) is 51.6. The fourth-order valence-electron chi connectivity index (χ4n) is 16.3. The van der Waals surface area contributed by atoms with Gasteiger partial charge in [0.15, 0.2) is 37.2 Å². The number of benzene rings is 1. The molecule has 5 aliphatic heterocycles. The summed E-state index contributed by atoms with van der Waals surface area (Å²) in [5.74, 6) is -1.89. The molecule has 5 saturated heterocycles. The second-order valence-corrected chi connectivity index (χ2v) is 26.2. The second-order valence-electron chi connectivity index (χ2n) is 26.2. The highest BCUT2D eigenvalue weighted by Crippen LogP contribution is 2.71. The number of rotatable bonds is 18. The molecule has 9 aliphatic rings. The first kappa shape index (κ1) is 66.9. The molecule has 490 valence electrons. The van der Waals surface area contributed by atoms with E-state index >= 15 is 0 Å². The average Bonchev–Trinajstić information content (AvgIpc) is 1.64. The van der Waals surface area contributed by atoms with Gasteiger partial charge in [0.05, 0.1) is 67.0 Å². The molecule has 0 radical (unpaired) electrons. The third-order valence-corrected chi connectivity index (χ3v) is 21.4. The largest absolute Gasteiger partial charge is 0.458 e. The zero-order valence-electron chi connectivity index (χ0n) is 51.6. The molecule has 1 aromatic rings. The van der Waals surface area contributed by atoms with Crippen molar-refractivity contribution in [1.82, 2.24) is 0 Å². The Bertz CT molecular complexity index is 2560. The zero-order chi connectivity index (χ0) is 62.7. The highest BCUT2D eigenvalue weighted by Gasteiger charge is 2.81. The van der Waals surface area contributed by atoms with Gasteiger partial charge in [-0.3, -0.25) is 4.79 Å². The van der Waals surface area contributed by atoms with Gasteiger partial charge in [-0.25, -0.2) is 4.79 Å². The van der Waals surface area contributed by atoms with Crippen molar-refractivity contribution in [2.24, 2.45) is 16.7 Å². The molecule has 29 atom stereocenters. The molecule has 0 unspecified atom stereocenters. The van der Waals surface area contributed by atoms with Crippen LogP contribution in [0.25, 0.3) is 6.08 Å². The number of esters is 1. The molecule has 24 heteroatoms. The van der Waals surface area contributed by atoms with Gasteiger partial charge in [-0.1, -0.05) is 48.9 Å². The number of hydrogen-bond acceptors (Lipinski definition) is 24. The Hall–Kier alpha value is -3.00. The molecule has 24 nitrogen and oxygen atoms in total. The molecule has 5 heterocycles. The molecule has 3 saturated carbocycles. The Balaban J connectivity index is 0.714. The van der Waals surface area contributed by atoms with E-state index in [1.165, 1.54) is 20.1 Å². The Kier molecular flexibility index (Phi) is 20.4. The monoisotopic (exact) mass is 1230 g/mol. The maximum atomic E-state index is 13.6. The predicted molar refractivity (Wildman–Crippen MR) is 303 cm³/mol. The fourth-order valence-corrected chi connectivity index (χ4v) is 16.3. The minimum atomic E-state index is -2.07. The topological polar surface area (TPSA) is 325 Å². The molecule has 0 spiro atoms. The summed E-state index contributed by atoms with van der Waals surface area (Å²) in [6, 6.07) is 9.23. The number of Topliss-reactive ketones (excluding diaryl/α,β-unsaturated/α-hetero) is 1. The summed E-state index contributed by atoms with van der Waals surface area (Å²) in [5.41, 5.74) is -6.48. The number of ketones is 1. The quantitative estimate of drug-likeness (QED) is 0.0594. The van der Waals surface area contributed by atoms with Gasteiger partial charge in [0.2, 0.25) is 0 Å². The molecule has 0 amide bonds. The van der Waals surface area contributed by atoms with Gasteiger partial charge in [-0.05, 0) is 104 Å². The van der Waals surface area contributed by atoms with E-state index in [9.17, 15) is 50.4 Å². The van der Waals surface area contributed by atoms with Crippen LogP contribution in [0.4, 0.5) is 0 Å². The van der Waals surface area contributed by atoms with Crippen molar-refractivity contribution in [2.75, 3.05) is 27.9 Å². The van der Waals surface area contributed by atoms with Gasteiger partial charge >= 0.3 is 5.97 Å². The number of hydrogen-bond donors (Lipinski definition) is 8. The summed E-state index contributed by atoms with van der Waals surface area (Å²) in [6.45, 7) is 11.6. The van der Waals surface area contributed by atoms with Crippen LogP contribution >= 0.6 is 0 Å². The van der Waals surface area contributed by atoms with E-state index in [-0.39, 0.29) is 57.5 Å². The maximum absolute atomic E-state index is 13.6. The Morgan fingerprint density at radius 3 is 1.70 bits per heavy atom. The number of carbonyl (C=O) groups excluding carboxylic acids is 2. The van der Waals surface area contributed by atoms with E-state index in [1.807, 2.05) is 57.2 Å². The number of ether oxygens (including phenoxy) is 14. The van der Waals surface area contributed by atoms with Gasteiger partial charge in [0, 0.05) is 59.0 Å². The lowest BCUT2D eigenvalue weighted by molar-refractivity contribution is -0.358. The average molecular weight is 1240 g/mol. The van der Waals surface area contributed by atoms with Crippen LogP contribution in [0.5, 0.6) is 0 Å². The van der Waals surface area contributed by atoms with Crippen LogP contribution in [0.15, 0.2) is 48.1 Å². The van der Waals surface area contributed by atoms with Crippen LogP contribution in [-0.2, 0) is 75.9 Å². The molecular weight excluding hydrogens is 1140 g/mol. The molecule has 0 aromatic heterocycles. The molecule has 8 N–H and O–H groups in total. The van der Waals surface area contributed by atoms with Crippen molar-refractivity contribution in [3.63, 3.8) is 0 Å². The normalized spacial score (nSPS) is 49.3. The lowest BCUT2D eigenvalue weighted by Gasteiger charge is -2.67. The minimum Gasteiger partial charge on any atom is -0.458 e. The third-order valence-electron chi connectivity index (χ3n) is 21.4. The number of methoxy groups -OCH3 is 3. The first-order valence-corrected chi connectivity index (χ1v) is 31.0. The van der Waals surface area contributed by atoms with Crippen molar-refractivity contribution < 1.29 is 117 Å². The van der Waals surface area contributed by atoms with Crippen molar-refractivity contribution in [2.45, 2.75) is 277 Å². The van der Waals surface area contributed by atoms with Gasteiger partial charge < -0.3 is 107 Å². The summed E-state index contributed by atoms with van der Waals surface area (Å²) in [5, 5.41) is 90.7. The van der Waals surface area contributed by atoms with Gasteiger partial charge in [0.25, 0.3) is 0 Å². The summed E-state index contributed by atoms with van der Waals surface area (Å²) in [6.07, 6.45) is -12.3. The van der Waals surface area contributed by atoms with Crippen molar-refractivity contribution in [3.05, 3.63) is 53.6 Å². The summed E-state index contributed by atoms with van der Waals surface area (Å²) in [4.78, 5) is 27.0. The molecule has 87 heavy (non-hydrogen) atoms. The number of aliphatic hydroxyl groups excluding tert-OH is 5. The molecule has 10 rings (SSSR count). The van der Waals surface area contributed by atoms with Crippen LogP contribution in [-0.4, -0.2) is 239 Å². The fraction of sp³-hybridized carbons (Fsp3) is 0.810. The standard InChI is InChI=1S/C63H94O24/c1-31-54(84-48-26-40(74-8)55(32(2)78-48)85-49-27-41(75-9)56(33(3)79-49)86-50-28-42(76-10)57(34(4)80-50)87-58-53(70)52(69)51(68)43(30-64)82-58)39(66)25-47(77-31)81-38-19-20-59(6)37(24-38)18-21-62(72)44(59)29-45(83-46(67)17-16-36-14-12-11-13-15-36)60(7)61(71,35(5)65)22-23-63(60,62)73/h11-18,31-34,38-45,47-58,64,66,68-73H,19-30H2,1-10H3/t31-,32-,33-,34-,38+,39+,40-,41+,42+,43-,44-,45-,47+,48+,49+,50+,51-,52+,53-,54-,55-,56-,57-,58+,59+,60-,61-,62+,63-/m1/s1. The highest BCUT2D eigenvalue weighted by molar-refractivity contribution is 5.88. The third kappa shape index (κ3) is 12.3. The van der Waals surface area contributed by atoms with E-state index in [4.69, 9.17) is 66.3 Å². The highest BCUT2D eigenvalue weighted by atomic mass is 16.8. The lowest BCUT2D eigenvalue weighted by Crippen LogP contribution is -2.78. The van der Waals surface area contributed by atoms with Crippen LogP contribution in [0.2, 0.25) is 0 Å². The first-order chi connectivity index (χ1) is 41.2.